The van der Waals surface area contributed by atoms with E-state index in [1.165, 1.54) is 0 Å². The van der Waals surface area contributed by atoms with Crippen LogP contribution in [0.5, 0.6) is 0 Å². The average molecular weight is 311 g/mol. The molecule has 21 heavy (non-hydrogen) atoms. The number of amides is 2. The van der Waals surface area contributed by atoms with Crippen LogP contribution >= 0.6 is 11.6 Å². The van der Waals surface area contributed by atoms with Gasteiger partial charge in [0.15, 0.2) is 0 Å². The van der Waals surface area contributed by atoms with Crippen LogP contribution in [0, 0.1) is 5.92 Å². The number of aliphatic carboxylic acids is 1. The van der Waals surface area contributed by atoms with Gasteiger partial charge in [-0.05, 0) is 31.9 Å². The monoisotopic (exact) mass is 310 g/mol. The molecule has 6 heteroatoms. The molecular weight excluding hydrogens is 292 g/mol. The number of likely N-dealkylation sites (tertiary alicyclic amines) is 1. The number of benzene rings is 1. The number of nitrogens with one attached hydrogen (secondary N) is 1. The summed E-state index contributed by atoms with van der Waals surface area (Å²) in [6, 6.07) is 6.55. The lowest BCUT2D eigenvalue weighted by Crippen LogP contribution is -2.44. The predicted molar refractivity (Wildman–Crippen MR) is 80.3 cm³/mol. The van der Waals surface area contributed by atoms with E-state index in [2.05, 4.69) is 5.32 Å². The van der Waals surface area contributed by atoms with Gasteiger partial charge in [0.05, 0.1) is 12.0 Å². The highest BCUT2D eigenvalue weighted by molar-refractivity contribution is 6.31. The molecule has 114 valence electrons. The lowest BCUT2D eigenvalue weighted by molar-refractivity contribution is -0.142. The number of carbonyl (C=O) groups is 2. The van der Waals surface area contributed by atoms with Crippen molar-refractivity contribution in [3.05, 3.63) is 34.9 Å². The maximum atomic E-state index is 12.3. The predicted octanol–water partition coefficient (Wildman–Crippen LogP) is 2.91. The minimum atomic E-state index is -0.850. The molecular formula is C15H19ClN2O3. The van der Waals surface area contributed by atoms with E-state index in [4.69, 9.17) is 16.7 Å². The van der Waals surface area contributed by atoms with Crippen molar-refractivity contribution in [1.82, 2.24) is 10.2 Å². The molecule has 2 N–H and O–H groups in total. The second-order valence-corrected chi connectivity index (χ2v) is 5.77. The lowest BCUT2D eigenvalue weighted by Gasteiger charge is -2.26. The summed E-state index contributed by atoms with van der Waals surface area (Å²) in [6.07, 6.45) is 0.490. The Morgan fingerprint density at radius 3 is 2.67 bits per heavy atom. The Balaban J connectivity index is 2.02. The molecule has 2 rings (SSSR count). The zero-order chi connectivity index (χ0) is 15.6. The van der Waals surface area contributed by atoms with Crippen LogP contribution in [0.1, 0.15) is 31.9 Å². The molecule has 0 radical (unpaired) electrons. The molecule has 0 saturated carbocycles. The fourth-order valence-corrected chi connectivity index (χ4v) is 3.03. The standard InChI is InChI=1S/C15H19ClN2O3/c1-9(11-5-3-4-6-13(11)16)17-15(21)18-8-7-12(10(18)2)14(19)20/h3-6,9-10,12H,7-8H2,1-2H3,(H,17,21)(H,19,20). The van der Waals surface area contributed by atoms with Gasteiger partial charge in [0.1, 0.15) is 0 Å². The van der Waals surface area contributed by atoms with Crippen molar-refractivity contribution in [2.75, 3.05) is 6.54 Å². The third-order valence-electron chi connectivity index (χ3n) is 4.04. The fraction of sp³-hybridized carbons (Fsp3) is 0.467. The van der Waals surface area contributed by atoms with Gasteiger partial charge in [-0.3, -0.25) is 4.79 Å². The van der Waals surface area contributed by atoms with Crippen LogP contribution in [-0.2, 0) is 4.79 Å². The maximum Gasteiger partial charge on any atom is 0.318 e. The second-order valence-electron chi connectivity index (χ2n) is 5.36. The number of rotatable bonds is 3. The first-order valence-electron chi connectivity index (χ1n) is 6.96. The molecule has 1 aliphatic rings. The first kappa shape index (κ1) is 15.6. The Kier molecular flexibility index (Phi) is 4.73. The Labute approximate surface area is 128 Å². The molecule has 0 spiro atoms. The third kappa shape index (κ3) is 3.29. The summed E-state index contributed by atoms with van der Waals surface area (Å²) in [5.41, 5.74) is 0.842. The summed E-state index contributed by atoms with van der Waals surface area (Å²) >= 11 is 6.11. The second kappa shape index (κ2) is 6.35. The number of nitrogens with zero attached hydrogens (tertiary/aromatic N) is 1. The zero-order valence-corrected chi connectivity index (χ0v) is 12.8. The maximum absolute atomic E-state index is 12.3. The van der Waals surface area contributed by atoms with Gasteiger partial charge in [0.25, 0.3) is 0 Å². The quantitative estimate of drug-likeness (QED) is 0.902. The number of hydrogen-bond acceptors (Lipinski definition) is 2. The van der Waals surface area contributed by atoms with Crippen LogP contribution in [0.3, 0.4) is 0 Å². The Hall–Kier alpha value is -1.75. The van der Waals surface area contributed by atoms with E-state index in [0.29, 0.717) is 18.0 Å². The first-order chi connectivity index (χ1) is 9.91. The van der Waals surface area contributed by atoms with Gasteiger partial charge in [-0.2, -0.15) is 0 Å². The molecule has 3 unspecified atom stereocenters. The van der Waals surface area contributed by atoms with Crippen LogP contribution in [0.25, 0.3) is 0 Å². The highest BCUT2D eigenvalue weighted by Crippen LogP contribution is 2.26. The average Bonchev–Trinajstić information content (AvgIpc) is 2.81. The van der Waals surface area contributed by atoms with E-state index in [1.54, 1.807) is 17.9 Å². The van der Waals surface area contributed by atoms with Crippen LogP contribution in [-0.4, -0.2) is 34.6 Å². The van der Waals surface area contributed by atoms with Gasteiger partial charge in [0.2, 0.25) is 0 Å². The van der Waals surface area contributed by atoms with Crippen LogP contribution < -0.4 is 5.32 Å². The number of hydrogen-bond donors (Lipinski definition) is 2. The highest BCUT2D eigenvalue weighted by atomic mass is 35.5. The van der Waals surface area contributed by atoms with Gasteiger partial charge in [0, 0.05) is 17.6 Å². The van der Waals surface area contributed by atoms with Crippen molar-refractivity contribution in [3.63, 3.8) is 0 Å². The number of carbonyl (C=O) groups excluding carboxylic acids is 1. The van der Waals surface area contributed by atoms with E-state index in [-0.39, 0.29) is 18.1 Å². The molecule has 0 bridgehead atoms. The number of urea groups is 1. The SMILES string of the molecule is CC(NC(=O)N1CCC(C(=O)O)C1C)c1ccccc1Cl. The molecule has 3 atom stereocenters. The molecule has 1 heterocycles. The van der Waals surface area contributed by atoms with Crippen molar-refractivity contribution in [2.45, 2.75) is 32.4 Å². The third-order valence-corrected chi connectivity index (χ3v) is 4.39. The van der Waals surface area contributed by atoms with Crippen molar-refractivity contribution < 1.29 is 14.7 Å². The van der Waals surface area contributed by atoms with E-state index < -0.39 is 11.9 Å². The smallest absolute Gasteiger partial charge is 0.318 e. The molecule has 1 aliphatic heterocycles. The summed E-state index contributed by atoms with van der Waals surface area (Å²) in [5.74, 6) is -1.34. The Morgan fingerprint density at radius 2 is 2.10 bits per heavy atom. The molecule has 1 saturated heterocycles. The van der Waals surface area contributed by atoms with E-state index in [1.807, 2.05) is 25.1 Å². The molecule has 2 amide bonds. The van der Waals surface area contributed by atoms with Crippen LogP contribution in [0.2, 0.25) is 5.02 Å². The largest absolute Gasteiger partial charge is 0.481 e. The van der Waals surface area contributed by atoms with Crippen LogP contribution in [0.15, 0.2) is 24.3 Å². The van der Waals surface area contributed by atoms with Crippen molar-refractivity contribution >= 4 is 23.6 Å². The fourth-order valence-electron chi connectivity index (χ4n) is 2.73. The minimum Gasteiger partial charge on any atom is -0.481 e. The summed E-state index contributed by atoms with van der Waals surface area (Å²) in [7, 11) is 0. The van der Waals surface area contributed by atoms with Crippen molar-refractivity contribution in [2.24, 2.45) is 5.92 Å². The number of halogens is 1. The minimum absolute atomic E-state index is 0.234. The highest BCUT2D eigenvalue weighted by Gasteiger charge is 2.38. The Morgan fingerprint density at radius 1 is 1.43 bits per heavy atom. The van der Waals surface area contributed by atoms with Crippen LogP contribution in [0.4, 0.5) is 4.79 Å². The summed E-state index contributed by atoms with van der Waals surface area (Å²) < 4.78 is 0. The molecule has 0 aromatic heterocycles. The summed E-state index contributed by atoms with van der Waals surface area (Å²) in [6.45, 7) is 4.08. The van der Waals surface area contributed by atoms with Gasteiger partial charge < -0.3 is 15.3 Å². The summed E-state index contributed by atoms with van der Waals surface area (Å²) in [5, 5.41) is 12.6. The topological polar surface area (TPSA) is 69.6 Å². The van der Waals surface area contributed by atoms with E-state index in [0.717, 1.165) is 5.56 Å². The summed E-state index contributed by atoms with van der Waals surface area (Å²) in [4.78, 5) is 25.0. The number of carboxylic acids is 1. The first-order valence-corrected chi connectivity index (χ1v) is 7.34. The lowest BCUT2D eigenvalue weighted by atomic mass is 10.0. The van der Waals surface area contributed by atoms with Gasteiger partial charge >= 0.3 is 12.0 Å². The van der Waals surface area contributed by atoms with E-state index >= 15 is 0 Å². The molecule has 5 nitrogen and oxygen atoms in total. The molecule has 0 aliphatic carbocycles. The van der Waals surface area contributed by atoms with Gasteiger partial charge in [-0.15, -0.1) is 0 Å². The normalized spacial score (nSPS) is 22.9. The molecule has 1 fully saturated rings. The Bertz CT molecular complexity index is 549. The molecule has 1 aromatic rings. The van der Waals surface area contributed by atoms with Crippen molar-refractivity contribution in [1.29, 1.82) is 0 Å². The molecule has 1 aromatic carbocycles. The zero-order valence-electron chi connectivity index (χ0n) is 12.0. The number of carboxylic acid groups (broad SMARTS) is 1. The van der Waals surface area contributed by atoms with Gasteiger partial charge in [-0.25, -0.2) is 4.79 Å². The van der Waals surface area contributed by atoms with Gasteiger partial charge in [-0.1, -0.05) is 29.8 Å². The van der Waals surface area contributed by atoms with Crippen molar-refractivity contribution in [3.8, 4) is 0 Å². The van der Waals surface area contributed by atoms with E-state index in [9.17, 15) is 9.59 Å².